The van der Waals surface area contributed by atoms with Crippen LogP contribution in [-0.2, 0) is 0 Å². The van der Waals surface area contributed by atoms with Crippen LogP contribution in [0.3, 0.4) is 0 Å². The molecule has 2 aliphatic carbocycles. The average molecular weight is 273 g/mol. The molecule has 0 unspecified atom stereocenters. The molecule has 2 aliphatic rings. The van der Waals surface area contributed by atoms with Crippen molar-refractivity contribution in [2.45, 2.75) is 32.6 Å². The maximum atomic E-state index is 4.44. The molecule has 0 radical (unpaired) electrons. The topological polar surface area (TPSA) is 37.8 Å². The molecular formula is C15H19N3S. The lowest BCUT2D eigenvalue weighted by molar-refractivity contribution is 0.428. The normalized spacial score (nSPS) is 19.3. The maximum absolute atomic E-state index is 4.44. The molecule has 4 rings (SSSR count). The number of hydrogen-bond acceptors (Lipinski definition) is 4. The lowest BCUT2D eigenvalue weighted by atomic mass is 9.98. The van der Waals surface area contributed by atoms with Gasteiger partial charge in [-0.1, -0.05) is 0 Å². The van der Waals surface area contributed by atoms with Gasteiger partial charge in [0, 0.05) is 6.54 Å². The first-order valence-electron chi connectivity index (χ1n) is 7.25. The Labute approximate surface area is 117 Å². The van der Waals surface area contributed by atoms with Gasteiger partial charge >= 0.3 is 0 Å². The van der Waals surface area contributed by atoms with Crippen molar-refractivity contribution in [1.82, 2.24) is 9.97 Å². The van der Waals surface area contributed by atoms with Gasteiger partial charge in [0.25, 0.3) is 0 Å². The Balaban J connectivity index is 1.54. The summed E-state index contributed by atoms with van der Waals surface area (Å²) >= 11 is 1.75. The molecular weight excluding hydrogens is 254 g/mol. The lowest BCUT2D eigenvalue weighted by Crippen LogP contribution is -2.18. The highest BCUT2D eigenvalue weighted by Gasteiger charge is 2.41. The summed E-state index contributed by atoms with van der Waals surface area (Å²) in [6, 6.07) is 0. The number of nitrogens with zero attached hydrogens (tertiary/aromatic N) is 2. The van der Waals surface area contributed by atoms with Crippen molar-refractivity contribution >= 4 is 27.4 Å². The fourth-order valence-corrected chi connectivity index (χ4v) is 4.04. The first-order valence-corrected chi connectivity index (χ1v) is 8.13. The smallest absolute Gasteiger partial charge is 0.147 e. The van der Waals surface area contributed by atoms with Crippen LogP contribution in [0.15, 0.2) is 11.7 Å². The van der Waals surface area contributed by atoms with Crippen LogP contribution < -0.4 is 5.32 Å². The van der Waals surface area contributed by atoms with Gasteiger partial charge in [0.2, 0.25) is 0 Å². The highest BCUT2D eigenvalue weighted by Crippen LogP contribution is 2.49. The second-order valence-corrected chi connectivity index (χ2v) is 6.92. The number of anilines is 1. The molecule has 2 saturated carbocycles. The molecule has 0 bridgehead atoms. The van der Waals surface area contributed by atoms with Crippen LogP contribution in [-0.4, -0.2) is 16.5 Å². The summed E-state index contributed by atoms with van der Waals surface area (Å²) in [5.41, 5.74) is 2.36. The molecule has 2 fully saturated rings. The minimum absolute atomic E-state index is 0.881. The van der Waals surface area contributed by atoms with Crippen LogP contribution in [0.25, 0.3) is 10.2 Å². The molecule has 0 atom stereocenters. The Morgan fingerprint density at radius 2 is 2.00 bits per heavy atom. The van der Waals surface area contributed by atoms with Gasteiger partial charge in [-0.15, -0.1) is 11.3 Å². The molecule has 2 aromatic heterocycles. The number of aromatic nitrogens is 2. The van der Waals surface area contributed by atoms with E-state index in [9.17, 15) is 0 Å². The molecule has 0 aliphatic heterocycles. The van der Waals surface area contributed by atoms with E-state index >= 15 is 0 Å². The Morgan fingerprint density at radius 3 is 2.68 bits per heavy atom. The zero-order valence-corrected chi connectivity index (χ0v) is 12.0. The number of nitrogens with one attached hydrogen (secondary N) is 1. The first-order chi connectivity index (χ1) is 9.33. The lowest BCUT2D eigenvalue weighted by Gasteiger charge is -2.16. The van der Waals surface area contributed by atoms with Crippen LogP contribution in [0.4, 0.5) is 5.82 Å². The molecule has 0 amide bonds. The molecule has 1 N–H and O–H groups in total. The number of aryl methyl sites for hydroxylation is 1. The number of hydrogen-bond donors (Lipinski definition) is 1. The van der Waals surface area contributed by atoms with Gasteiger partial charge in [-0.05, 0) is 61.3 Å². The molecule has 2 aromatic rings. The monoisotopic (exact) mass is 273 g/mol. The third kappa shape index (κ3) is 2.22. The van der Waals surface area contributed by atoms with Crippen LogP contribution >= 0.6 is 11.3 Å². The minimum Gasteiger partial charge on any atom is -0.368 e. The summed E-state index contributed by atoms with van der Waals surface area (Å²) < 4.78 is 1.21. The predicted molar refractivity (Wildman–Crippen MR) is 79.6 cm³/mol. The summed E-state index contributed by atoms with van der Waals surface area (Å²) in [5, 5.41) is 5.77. The van der Waals surface area contributed by atoms with Crippen LogP contribution in [0.1, 0.15) is 31.2 Å². The van der Waals surface area contributed by atoms with Gasteiger partial charge in [0.15, 0.2) is 0 Å². The van der Waals surface area contributed by atoms with E-state index < -0.39 is 0 Å². The highest BCUT2D eigenvalue weighted by atomic mass is 32.1. The van der Waals surface area contributed by atoms with E-state index in [0.29, 0.717) is 0 Å². The fraction of sp³-hybridized carbons (Fsp3) is 0.600. The summed E-state index contributed by atoms with van der Waals surface area (Å²) in [7, 11) is 0. The molecule has 0 spiro atoms. The predicted octanol–water partition coefficient (Wildman–Crippen LogP) is 3.85. The highest BCUT2D eigenvalue weighted by molar-refractivity contribution is 7.18. The molecule has 0 aromatic carbocycles. The zero-order chi connectivity index (χ0) is 12.8. The zero-order valence-electron chi connectivity index (χ0n) is 11.2. The second-order valence-electron chi connectivity index (χ2n) is 6.04. The minimum atomic E-state index is 0.881. The standard InChI is InChI=1S/C15H19N3S/c1-9-7-19-14-13(9)17-8-18-15(14)16-6-12(10-2-3-10)11-4-5-11/h7-8,10-12H,2-6H2,1H3,(H,16,17,18). The summed E-state index contributed by atoms with van der Waals surface area (Å²) in [5.74, 6) is 3.89. The van der Waals surface area contributed by atoms with Gasteiger partial charge in [0.1, 0.15) is 12.1 Å². The molecule has 4 heteroatoms. The second kappa shape index (κ2) is 4.44. The van der Waals surface area contributed by atoms with Crippen molar-refractivity contribution in [2.24, 2.45) is 17.8 Å². The largest absolute Gasteiger partial charge is 0.368 e. The Hall–Kier alpha value is -1.16. The average Bonchev–Trinajstić information content (AvgIpc) is 3.32. The molecule has 2 heterocycles. The number of fused-ring (bicyclic) bond motifs is 1. The van der Waals surface area contributed by atoms with Crippen molar-refractivity contribution in [3.05, 3.63) is 17.3 Å². The Bertz CT molecular complexity index is 586. The van der Waals surface area contributed by atoms with E-state index in [1.54, 1.807) is 17.7 Å². The van der Waals surface area contributed by atoms with Gasteiger partial charge in [-0.2, -0.15) is 0 Å². The summed E-state index contributed by atoms with van der Waals surface area (Å²) in [6.45, 7) is 3.21. The Kier molecular flexibility index (Phi) is 2.72. The van der Waals surface area contributed by atoms with Crippen molar-refractivity contribution in [3.8, 4) is 0 Å². The van der Waals surface area contributed by atoms with E-state index in [1.165, 1.54) is 35.9 Å². The van der Waals surface area contributed by atoms with E-state index in [4.69, 9.17) is 0 Å². The summed E-state index contributed by atoms with van der Waals surface area (Å²) in [6.07, 6.45) is 7.47. The van der Waals surface area contributed by atoms with Gasteiger partial charge in [-0.3, -0.25) is 0 Å². The quantitative estimate of drug-likeness (QED) is 0.899. The van der Waals surface area contributed by atoms with Crippen molar-refractivity contribution < 1.29 is 0 Å². The maximum Gasteiger partial charge on any atom is 0.147 e. The molecule has 100 valence electrons. The van der Waals surface area contributed by atoms with E-state index in [2.05, 4.69) is 27.6 Å². The van der Waals surface area contributed by atoms with Crippen LogP contribution in [0.5, 0.6) is 0 Å². The van der Waals surface area contributed by atoms with Gasteiger partial charge in [-0.25, -0.2) is 9.97 Å². The first kappa shape index (κ1) is 11.6. The van der Waals surface area contributed by atoms with E-state index in [1.807, 2.05) is 0 Å². The third-order valence-electron chi connectivity index (χ3n) is 4.49. The van der Waals surface area contributed by atoms with Crippen molar-refractivity contribution in [3.63, 3.8) is 0 Å². The Morgan fingerprint density at radius 1 is 1.26 bits per heavy atom. The SMILES string of the molecule is Cc1csc2c(NCC(C3CC3)C3CC3)ncnc12. The number of thiophene rings is 1. The fourth-order valence-electron chi connectivity index (χ4n) is 3.08. The molecule has 0 saturated heterocycles. The van der Waals surface area contributed by atoms with Gasteiger partial charge < -0.3 is 5.32 Å². The van der Waals surface area contributed by atoms with E-state index in [-0.39, 0.29) is 0 Å². The third-order valence-corrected chi connectivity index (χ3v) is 5.58. The van der Waals surface area contributed by atoms with Crippen LogP contribution in [0.2, 0.25) is 0 Å². The van der Waals surface area contributed by atoms with Crippen molar-refractivity contribution in [2.75, 3.05) is 11.9 Å². The van der Waals surface area contributed by atoms with Gasteiger partial charge in [0.05, 0.1) is 10.2 Å². The molecule has 19 heavy (non-hydrogen) atoms. The van der Waals surface area contributed by atoms with Crippen LogP contribution in [0, 0.1) is 24.7 Å². The van der Waals surface area contributed by atoms with Crippen molar-refractivity contribution in [1.29, 1.82) is 0 Å². The number of rotatable bonds is 5. The molecule has 3 nitrogen and oxygen atoms in total. The summed E-state index contributed by atoms with van der Waals surface area (Å²) in [4.78, 5) is 8.82. The van der Waals surface area contributed by atoms with E-state index in [0.717, 1.165) is 35.6 Å².